The quantitative estimate of drug-likeness (QED) is 0.760. The molecule has 0 saturated heterocycles. The Morgan fingerprint density at radius 2 is 1.91 bits per heavy atom. The topological polar surface area (TPSA) is 98.8 Å². The number of nitrogens with zero attached hydrogens (tertiary/aromatic N) is 4. The Morgan fingerprint density at radius 1 is 1.14 bits per heavy atom. The van der Waals surface area contributed by atoms with Crippen LogP contribution in [-0.2, 0) is 0 Å². The third-order valence-electron chi connectivity index (χ3n) is 3.14. The zero-order valence-corrected chi connectivity index (χ0v) is 12.4. The molecule has 0 unspecified atom stereocenters. The Bertz CT molecular complexity index is 803. The summed E-state index contributed by atoms with van der Waals surface area (Å²) in [6.07, 6.45) is 1.67. The summed E-state index contributed by atoms with van der Waals surface area (Å²) in [5.74, 6) is 0.475. The molecule has 3 aromatic rings. The maximum atomic E-state index is 5.66. The number of ether oxygens (including phenoxy) is 1. The summed E-state index contributed by atoms with van der Waals surface area (Å²) in [6, 6.07) is 7.90. The first-order valence-electron chi connectivity index (χ1n) is 6.92. The molecule has 0 atom stereocenters. The molecule has 0 fully saturated rings. The Hall–Kier alpha value is -2.96. The van der Waals surface area contributed by atoms with E-state index in [1.165, 1.54) is 0 Å². The van der Waals surface area contributed by atoms with Gasteiger partial charge in [0.1, 0.15) is 0 Å². The van der Waals surface area contributed by atoms with Crippen LogP contribution in [0.5, 0.6) is 5.88 Å². The fourth-order valence-electron chi connectivity index (χ4n) is 2.08. The molecule has 1 aromatic carbocycles. The van der Waals surface area contributed by atoms with Gasteiger partial charge in [0, 0.05) is 18.3 Å². The zero-order chi connectivity index (χ0) is 15.5. The van der Waals surface area contributed by atoms with Gasteiger partial charge in [-0.25, -0.2) is 9.97 Å². The minimum Gasteiger partial charge on any atom is -0.476 e. The number of hydrogen-bond acceptors (Lipinski definition) is 7. The lowest BCUT2D eigenvalue weighted by Crippen LogP contribution is -2.04. The van der Waals surface area contributed by atoms with E-state index in [1.807, 2.05) is 38.2 Å². The van der Waals surface area contributed by atoms with Gasteiger partial charge < -0.3 is 15.8 Å². The van der Waals surface area contributed by atoms with Crippen molar-refractivity contribution >= 4 is 22.8 Å². The summed E-state index contributed by atoms with van der Waals surface area (Å²) < 4.78 is 5.48. The van der Waals surface area contributed by atoms with Gasteiger partial charge in [0.15, 0.2) is 11.2 Å². The number of hydrogen-bond donors (Lipinski definition) is 2. The molecule has 0 aliphatic rings. The lowest BCUT2D eigenvalue weighted by Gasteiger charge is -2.08. The second-order valence-corrected chi connectivity index (χ2v) is 4.57. The molecule has 112 valence electrons. The number of nitrogens with one attached hydrogen (secondary N) is 1. The van der Waals surface area contributed by atoms with Gasteiger partial charge >= 0.3 is 0 Å². The van der Waals surface area contributed by atoms with Crippen LogP contribution in [0, 0.1) is 0 Å². The van der Waals surface area contributed by atoms with E-state index in [4.69, 9.17) is 10.5 Å². The molecule has 0 amide bonds. The lowest BCUT2D eigenvalue weighted by molar-refractivity contribution is 0.330. The average molecular weight is 296 g/mol. The molecule has 3 N–H and O–H groups in total. The Kier molecular flexibility index (Phi) is 3.69. The molecule has 0 radical (unpaired) electrons. The molecule has 7 heteroatoms. The molecule has 0 saturated carbocycles. The van der Waals surface area contributed by atoms with Crippen molar-refractivity contribution in [3.05, 3.63) is 30.5 Å². The van der Waals surface area contributed by atoms with Crippen LogP contribution in [0.15, 0.2) is 30.5 Å². The van der Waals surface area contributed by atoms with Crippen molar-refractivity contribution in [1.82, 2.24) is 19.9 Å². The Labute approximate surface area is 127 Å². The number of nitrogens with two attached hydrogens (primary N) is 1. The van der Waals surface area contributed by atoms with Crippen molar-refractivity contribution in [3.8, 4) is 17.1 Å². The second-order valence-electron chi connectivity index (χ2n) is 4.57. The molecule has 0 bridgehead atoms. The lowest BCUT2D eigenvalue weighted by atomic mass is 10.1. The van der Waals surface area contributed by atoms with Gasteiger partial charge in [-0.3, -0.25) is 0 Å². The molecule has 0 spiro atoms. The summed E-state index contributed by atoms with van der Waals surface area (Å²) in [5.41, 5.74) is 9.30. The van der Waals surface area contributed by atoms with Crippen LogP contribution in [0.25, 0.3) is 22.4 Å². The van der Waals surface area contributed by atoms with E-state index < -0.39 is 0 Å². The van der Waals surface area contributed by atoms with Crippen LogP contribution in [0.2, 0.25) is 0 Å². The van der Waals surface area contributed by atoms with Crippen LogP contribution >= 0.6 is 0 Å². The van der Waals surface area contributed by atoms with Crippen LogP contribution in [0.1, 0.15) is 6.92 Å². The molecular formula is C15H16N6O. The second kappa shape index (κ2) is 5.80. The highest BCUT2D eigenvalue weighted by molar-refractivity contribution is 5.79. The van der Waals surface area contributed by atoms with E-state index >= 15 is 0 Å². The van der Waals surface area contributed by atoms with E-state index in [2.05, 4.69) is 25.3 Å². The van der Waals surface area contributed by atoms with Crippen molar-refractivity contribution in [3.63, 3.8) is 0 Å². The van der Waals surface area contributed by atoms with Crippen LogP contribution in [0.4, 0.5) is 11.6 Å². The predicted molar refractivity (Wildman–Crippen MR) is 85.7 cm³/mol. The van der Waals surface area contributed by atoms with Gasteiger partial charge in [-0.1, -0.05) is 12.1 Å². The standard InChI is InChI=1S/C15H16N6O/c1-3-22-14-12-13(20-15(16)21-14)18-8-11(19-12)9-4-6-10(17-2)7-5-9/h4-8,17H,3H2,1-2H3,(H2,16,18,20,21). The smallest absolute Gasteiger partial charge is 0.247 e. The first kappa shape index (κ1) is 14.0. The first-order valence-corrected chi connectivity index (χ1v) is 6.92. The molecule has 7 nitrogen and oxygen atoms in total. The Balaban J connectivity index is 2.11. The summed E-state index contributed by atoms with van der Waals surface area (Å²) in [5, 5.41) is 3.08. The Morgan fingerprint density at radius 3 is 2.59 bits per heavy atom. The number of anilines is 2. The molecule has 2 aromatic heterocycles. The molecule has 2 heterocycles. The number of benzene rings is 1. The number of rotatable bonds is 4. The summed E-state index contributed by atoms with van der Waals surface area (Å²) >= 11 is 0. The maximum Gasteiger partial charge on any atom is 0.247 e. The van der Waals surface area contributed by atoms with Crippen molar-refractivity contribution in [1.29, 1.82) is 0 Å². The van der Waals surface area contributed by atoms with Gasteiger partial charge in [0.25, 0.3) is 0 Å². The summed E-state index contributed by atoms with van der Waals surface area (Å²) in [7, 11) is 1.88. The van der Waals surface area contributed by atoms with Gasteiger partial charge in [-0.15, -0.1) is 0 Å². The van der Waals surface area contributed by atoms with Gasteiger partial charge in [0.2, 0.25) is 11.8 Å². The molecule has 22 heavy (non-hydrogen) atoms. The van der Waals surface area contributed by atoms with E-state index in [0.29, 0.717) is 23.7 Å². The van der Waals surface area contributed by atoms with Gasteiger partial charge in [-0.2, -0.15) is 9.97 Å². The van der Waals surface area contributed by atoms with Gasteiger partial charge in [0.05, 0.1) is 18.5 Å². The first-order chi connectivity index (χ1) is 10.7. The minimum absolute atomic E-state index is 0.122. The van der Waals surface area contributed by atoms with Crippen LogP contribution in [-0.4, -0.2) is 33.6 Å². The van der Waals surface area contributed by atoms with Crippen molar-refractivity contribution in [2.45, 2.75) is 6.92 Å². The third kappa shape index (κ3) is 2.60. The van der Waals surface area contributed by atoms with Gasteiger partial charge in [-0.05, 0) is 19.1 Å². The average Bonchev–Trinajstić information content (AvgIpc) is 2.55. The van der Waals surface area contributed by atoms with Crippen molar-refractivity contribution < 1.29 is 4.74 Å². The third-order valence-corrected chi connectivity index (χ3v) is 3.14. The normalized spacial score (nSPS) is 10.6. The number of aromatic nitrogens is 4. The highest BCUT2D eigenvalue weighted by Gasteiger charge is 2.12. The monoisotopic (exact) mass is 296 g/mol. The zero-order valence-electron chi connectivity index (χ0n) is 12.4. The molecule has 0 aliphatic carbocycles. The number of nitrogen functional groups attached to an aromatic ring is 1. The van der Waals surface area contributed by atoms with Crippen LogP contribution in [0.3, 0.4) is 0 Å². The highest BCUT2D eigenvalue weighted by atomic mass is 16.5. The minimum atomic E-state index is 0.122. The highest BCUT2D eigenvalue weighted by Crippen LogP contribution is 2.24. The SMILES string of the molecule is CCOc1nc(N)nc2ncc(-c3ccc(NC)cc3)nc12. The van der Waals surface area contributed by atoms with E-state index in [-0.39, 0.29) is 5.95 Å². The number of fused-ring (bicyclic) bond motifs is 1. The van der Waals surface area contributed by atoms with Crippen LogP contribution < -0.4 is 15.8 Å². The fourth-order valence-corrected chi connectivity index (χ4v) is 2.08. The van der Waals surface area contributed by atoms with E-state index in [1.54, 1.807) is 6.20 Å². The van der Waals surface area contributed by atoms with E-state index in [0.717, 1.165) is 16.9 Å². The maximum absolute atomic E-state index is 5.66. The fraction of sp³-hybridized carbons (Fsp3) is 0.200. The summed E-state index contributed by atoms with van der Waals surface area (Å²) in [6.45, 7) is 2.34. The molecular weight excluding hydrogens is 280 g/mol. The van der Waals surface area contributed by atoms with E-state index in [9.17, 15) is 0 Å². The summed E-state index contributed by atoms with van der Waals surface area (Å²) in [4.78, 5) is 17.1. The van der Waals surface area contributed by atoms with Crippen molar-refractivity contribution in [2.24, 2.45) is 0 Å². The van der Waals surface area contributed by atoms with Crippen molar-refractivity contribution in [2.75, 3.05) is 24.7 Å². The molecule has 0 aliphatic heterocycles. The largest absolute Gasteiger partial charge is 0.476 e. The predicted octanol–water partition coefficient (Wildman–Crippen LogP) is 2.11. The molecule has 3 rings (SSSR count).